The van der Waals surface area contributed by atoms with Gasteiger partial charge in [0.25, 0.3) is 5.91 Å². The van der Waals surface area contributed by atoms with Gasteiger partial charge in [-0.3, -0.25) is 9.69 Å². The molecular formula is C27H33F2N5O. The Hall–Kier alpha value is -2.87. The van der Waals surface area contributed by atoms with Crippen LogP contribution in [-0.4, -0.2) is 44.7 Å². The second-order valence-electron chi connectivity index (χ2n) is 11.0. The van der Waals surface area contributed by atoms with Gasteiger partial charge < -0.3 is 5.32 Å². The Labute approximate surface area is 204 Å². The van der Waals surface area contributed by atoms with Gasteiger partial charge >= 0.3 is 0 Å². The maximum atomic E-state index is 13.5. The van der Waals surface area contributed by atoms with Gasteiger partial charge in [0.05, 0.1) is 22.2 Å². The summed E-state index contributed by atoms with van der Waals surface area (Å²) in [6, 6.07) is 6.09. The molecule has 1 N–H and O–H groups in total. The molecule has 1 aromatic carbocycles. The molecule has 5 rings (SSSR count). The number of rotatable bonds is 5. The van der Waals surface area contributed by atoms with Crippen LogP contribution in [0.3, 0.4) is 0 Å². The molecule has 2 aliphatic rings. The smallest absolute Gasteiger partial charge is 0.252 e. The summed E-state index contributed by atoms with van der Waals surface area (Å²) in [5.74, 6) is -1.29. The summed E-state index contributed by atoms with van der Waals surface area (Å²) in [6.45, 7) is 10.4. The van der Waals surface area contributed by atoms with E-state index >= 15 is 0 Å². The molecule has 3 aromatic rings. The maximum Gasteiger partial charge on any atom is 0.252 e. The van der Waals surface area contributed by atoms with Crippen LogP contribution in [0.4, 0.5) is 8.78 Å². The first kappa shape index (κ1) is 23.9. The fraction of sp³-hybridized carbons (Fsp3) is 0.519. The highest BCUT2D eigenvalue weighted by molar-refractivity contribution is 6.06. The van der Waals surface area contributed by atoms with Crippen molar-refractivity contribution in [2.75, 3.05) is 13.1 Å². The molecule has 0 radical (unpaired) electrons. The third-order valence-electron chi connectivity index (χ3n) is 7.02. The third-order valence-corrected chi connectivity index (χ3v) is 7.02. The summed E-state index contributed by atoms with van der Waals surface area (Å²) >= 11 is 0. The summed E-state index contributed by atoms with van der Waals surface area (Å²) in [6.07, 6.45) is 3.83. The molecule has 186 valence electrons. The van der Waals surface area contributed by atoms with Crippen molar-refractivity contribution in [3.8, 4) is 0 Å². The molecule has 0 bridgehead atoms. The molecule has 6 nitrogen and oxygen atoms in total. The number of aromatic nitrogens is 3. The summed E-state index contributed by atoms with van der Waals surface area (Å²) in [5.41, 5.74) is 3.76. The van der Waals surface area contributed by atoms with E-state index in [4.69, 9.17) is 10.1 Å². The molecule has 8 heteroatoms. The average molecular weight is 482 g/mol. The van der Waals surface area contributed by atoms with Crippen molar-refractivity contribution in [1.29, 1.82) is 0 Å². The SMILES string of the molecule is Cc1nn(C(C)(C)C)c2nc(C3CC3)cc(C(=O)NC3CCN(Cc4ccc(F)c(F)c4)CC3)c12. The molecule has 0 atom stereocenters. The van der Waals surface area contributed by atoms with Gasteiger partial charge in [-0.1, -0.05) is 6.07 Å². The number of nitrogens with zero attached hydrogens (tertiary/aromatic N) is 4. The van der Waals surface area contributed by atoms with Crippen molar-refractivity contribution in [2.45, 2.75) is 77.4 Å². The van der Waals surface area contributed by atoms with Gasteiger partial charge in [0, 0.05) is 37.3 Å². The topological polar surface area (TPSA) is 63.1 Å². The molecule has 2 aromatic heterocycles. The van der Waals surface area contributed by atoms with Crippen LogP contribution in [0.2, 0.25) is 0 Å². The number of hydrogen-bond acceptors (Lipinski definition) is 4. The second-order valence-corrected chi connectivity index (χ2v) is 11.0. The van der Waals surface area contributed by atoms with E-state index in [-0.39, 0.29) is 17.5 Å². The Morgan fingerprint density at radius 1 is 1.09 bits per heavy atom. The first-order valence-corrected chi connectivity index (χ1v) is 12.5. The third kappa shape index (κ3) is 4.94. The first-order valence-electron chi connectivity index (χ1n) is 12.5. The average Bonchev–Trinajstić information content (AvgIpc) is 3.60. The minimum atomic E-state index is -0.825. The number of benzene rings is 1. The number of hydrogen-bond donors (Lipinski definition) is 1. The predicted octanol–water partition coefficient (Wildman–Crippen LogP) is 5.04. The number of carbonyl (C=O) groups is 1. The minimum Gasteiger partial charge on any atom is -0.349 e. The van der Waals surface area contributed by atoms with E-state index in [1.807, 2.05) is 17.7 Å². The van der Waals surface area contributed by atoms with Crippen molar-refractivity contribution >= 4 is 16.9 Å². The Kier molecular flexibility index (Phi) is 6.11. The number of nitrogens with one attached hydrogen (secondary N) is 1. The second kappa shape index (κ2) is 8.97. The lowest BCUT2D eigenvalue weighted by Gasteiger charge is -2.32. The zero-order valence-electron chi connectivity index (χ0n) is 20.9. The van der Waals surface area contributed by atoms with E-state index in [1.165, 1.54) is 12.1 Å². The quantitative estimate of drug-likeness (QED) is 0.554. The highest BCUT2D eigenvalue weighted by Crippen LogP contribution is 2.41. The first-order chi connectivity index (χ1) is 16.6. The lowest BCUT2D eigenvalue weighted by molar-refractivity contribution is 0.0910. The zero-order valence-corrected chi connectivity index (χ0v) is 20.9. The number of piperidine rings is 1. The summed E-state index contributed by atoms with van der Waals surface area (Å²) in [7, 11) is 0. The number of fused-ring (bicyclic) bond motifs is 1. The number of amides is 1. The van der Waals surface area contributed by atoms with Gasteiger partial charge in [0.15, 0.2) is 17.3 Å². The van der Waals surface area contributed by atoms with Crippen LogP contribution in [0.5, 0.6) is 0 Å². The molecular weight excluding hydrogens is 448 g/mol. The minimum absolute atomic E-state index is 0.0641. The molecule has 0 unspecified atom stereocenters. The molecule has 1 amide bonds. The lowest BCUT2D eigenvalue weighted by atomic mass is 10.0. The molecule has 1 aliphatic heterocycles. The fourth-order valence-corrected chi connectivity index (χ4v) is 4.94. The molecule has 1 aliphatic carbocycles. The monoisotopic (exact) mass is 481 g/mol. The van der Waals surface area contributed by atoms with Gasteiger partial charge in [-0.2, -0.15) is 5.10 Å². The molecule has 1 saturated carbocycles. The Morgan fingerprint density at radius 3 is 2.43 bits per heavy atom. The number of carbonyl (C=O) groups excluding carboxylic acids is 1. The van der Waals surface area contributed by atoms with Crippen molar-refractivity contribution in [1.82, 2.24) is 25.0 Å². The standard InChI is InChI=1S/C27H33F2N5O/c1-16-24-20(14-23(18-6-7-18)31-25(24)34(32-16)27(2,3)4)26(35)30-19-9-11-33(12-10-19)15-17-5-8-21(28)22(29)13-17/h5,8,13-14,18-19H,6-7,9-12,15H2,1-4H3,(H,30,35). The largest absolute Gasteiger partial charge is 0.349 e. The van der Waals surface area contributed by atoms with Crippen molar-refractivity contribution in [3.63, 3.8) is 0 Å². The zero-order chi connectivity index (χ0) is 24.9. The summed E-state index contributed by atoms with van der Waals surface area (Å²) in [4.78, 5) is 20.7. The van der Waals surface area contributed by atoms with Crippen LogP contribution < -0.4 is 5.32 Å². The highest BCUT2D eigenvalue weighted by Gasteiger charge is 2.31. The van der Waals surface area contributed by atoms with Gasteiger partial charge in [-0.25, -0.2) is 18.4 Å². The molecule has 1 saturated heterocycles. The predicted molar refractivity (Wildman–Crippen MR) is 131 cm³/mol. The Bertz CT molecular complexity index is 1270. The van der Waals surface area contributed by atoms with E-state index < -0.39 is 11.6 Å². The maximum absolute atomic E-state index is 13.5. The molecule has 2 fully saturated rings. The fourth-order valence-electron chi connectivity index (χ4n) is 4.94. The van der Waals surface area contributed by atoms with Crippen LogP contribution in [-0.2, 0) is 12.1 Å². The number of pyridine rings is 1. The lowest BCUT2D eigenvalue weighted by Crippen LogP contribution is -2.44. The van der Waals surface area contributed by atoms with Crippen molar-refractivity contribution in [2.24, 2.45) is 0 Å². The van der Waals surface area contributed by atoms with Gasteiger partial charge in [-0.15, -0.1) is 0 Å². The number of aryl methyl sites for hydroxylation is 1. The van der Waals surface area contributed by atoms with Crippen LogP contribution >= 0.6 is 0 Å². The van der Waals surface area contributed by atoms with Crippen molar-refractivity contribution in [3.05, 3.63) is 58.4 Å². The number of halogens is 2. The van der Waals surface area contributed by atoms with Crippen LogP contribution in [0.15, 0.2) is 24.3 Å². The van der Waals surface area contributed by atoms with E-state index in [0.29, 0.717) is 18.0 Å². The molecule has 35 heavy (non-hydrogen) atoms. The van der Waals surface area contributed by atoms with Gasteiger partial charge in [0.1, 0.15) is 0 Å². The normalized spacial score (nSPS) is 17.8. The van der Waals surface area contributed by atoms with E-state index in [0.717, 1.165) is 66.8 Å². The van der Waals surface area contributed by atoms with E-state index in [2.05, 4.69) is 31.0 Å². The summed E-state index contributed by atoms with van der Waals surface area (Å²) in [5, 5.41) is 8.83. The Morgan fingerprint density at radius 2 is 1.80 bits per heavy atom. The molecule has 0 spiro atoms. The van der Waals surface area contributed by atoms with E-state index in [9.17, 15) is 13.6 Å². The van der Waals surface area contributed by atoms with Crippen molar-refractivity contribution < 1.29 is 13.6 Å². The van der Waals surface area contributed by atoms with Gasteiger partial charge in [0.2, 0.25) is 0 Å². The van der Waals surface area contributed by atoms with Gasteiger partial charge in [-0.05, 0) is 77.1 Å². The Balaban J connectivity index is 1.31. The van der Waals surface area contributed by atoms with Crippen LogP contribution in [0.25, 0.3) is 11.0 Å². The van der Waals surface area contributed by atoms with E-state index in [1.54, 1.807) is 6.07 Å². The highest BCUT2D eigenvalue weighted by atomic mass is 19.2. The molecule has 3 heterocycles. The van der Waals surface area contributed by atoms with Crippen LogP contribution in [0.1, 0.15) is 79.7 Å². The van der Waals surface area contributed by atoms with Crippen LogP contribution in [0, 0.1) is 18.6 Å². The summed E-state index contributed by atoms with van der Waals surface area (Å²) < 4.78 is 28.7. The number of likely N-dealkylation sites (tertiary alicyclic amines) is 1.